The zero-order valence-electron chi connectivity index (χ0n) is 57.8. The van der Waals surface area contributed by atoms with Crippen molar-refractivity contribution in [1.29, 1.82) is 0 Å². The molecule has 3 atom stereocenters. The number of carbonyl (C=O) groups excluding carboxylic acids is 2. The molecule has 3 unspecified atom stereocenters. The molecule has 0 aromatic rings. The van der Waals surface area contributed by atoms with E-state index in [1.165, 1.54) is 257 Å². The number of nitrogens with zero attached hydrogens (tertiary/aromatic N) is 1. The first-order valence-corrected chi connectivity index (χ1v) is 38.6. The number of nitrogens with one attached hydrogen (secondary N) is 1. The van der Waals surface area contributed by atoms with E-state index in [-0.39, 0.29) is 25.1 Å². The molecule has 0 aliphatic heterocycles. The highest BCUT2D eigenvalue weighted by molar-refractivity contribution is 7.47. The predicted octanol–water partition coefficient (Wildman–Crippen LogP) is 23.7. The Bertz CT molecular complexity index is 1650. The molecule has 0 aliphatic rings. The minimum atomic E-state index is -4.46. The van der Waals surface area contributed by atoms with Crippen LogP contribution in [0.5, 0.6) is 0 Å². The lowest BCUT2D eigenvalue weighted by atomic mass is 10.0. The van der Waals surface area contributed by atoms with Crippen molar-refractivity contribution >= 4 is 19.7 Å². The number of carbonyl (C=O) groups is 2. The van der Waals surface area contributed by atoms with Gasteiger partial charge in [0.15, 0.2) is 0 Å². The van der Waals surface area contributed by atoms with Crippen LogP contribution in [-0.2, 0) is 27.9 Å². The van der Waals surface area contributed by atoms with E-state index >= 15 is 0 Å². The van der Waals surface area contributed by atoms with Crippen molar-refractivity contribution in [3.05, 3.63) is 60.8 Å². The maximum Gasteiger partial charge on any atom is 0.472 e. The maximum atomic E-state index is 13.6. The molecule has 1 amide bonds. The molecule has 0 saturated carbocycles. The molecule has 0 saturated heterocycles. The van der Waals surface area contributed by atoms with Gasteiger partial charge in [-0.1, -0.05) is 313 Å². The van der Waals surface area contributed by atoms with Gasteiger partial charge in [-0.05, 0) is 96.0 Å². The van der Waals surface area contributed by atoms with Crippen LogP contribution in [0.1, 0.15) is 361 Å². The number of allylic oxidation sites excluding steroid dienone is 9. The van der Waals surface area contributed by atoms with Crippen molar-refractivity contribution in [3.8, 4) is 0 Å². The van der Waals surface area contributed by atoms with Crippen LogP contribution in [0.2, 0.25) is 0 Å². The van der Waals surface area contributed by atoms with E-state index in [9.17, 15) is 19.0 Å². The van der Waals surface area contributed by atoms with Crippen molar-refractivity contribution in [1.82, 2.24) is 5.32 Å². The average Bonchev–Trinajstić information content (AvgIpc) is 3.69. The highest BCUT2D eigenvalue weighted by Gasteiger charge is 2.30. The smallest absolute Gasteiger partial charge is 0.456 e. The topological polar surface area (TPSA) is 111 Å². The summed E-state index contributed by atoms with van der Waals surface area (Å²) in [7, 11) is 1.51. The van der Waals surface area contributed by atoms with E-state index in [0.717, 1.165) is 70.6 Å². The van der Waals surface area contributed by atoms with Gasteiger partial charge >= 0.3 is 13.8 Å². The summed E-state index contributed by atoms with van der Waals surface area (Å²) in [6.07, 6.45) is 85.2. The first kappa shape index (κ1) is 83.7. The van der Waals surface area contributed by atoms with Gasteiger partial charge in [0.05, 0.1) is 33.8 Å². The zero-order chi connectivity index (χ0) is 62.8. The van der Waals surface area contributed by atoms with E-state index < -0.39 is 20.0 Å². The van der Waals surface area contributed by atoms with Gasteiger partial charge in [0, 0.05) is 12.8 Å². The number of hydrogen-bond acceptors (Lipinski definition) is 6. The second-order valence-corrected chi connectivity index (χ2v) is 27.9. The van der Waals surface area contributed by atoms with Crippen molar-refractivity contribution in [3.63, 3.8) is 0 Å². The Hall–Kier alpha value is -2.29. The number of phosphoric ester groups is 1. The van der Waals surface area contributed by atoms with Gasteiger partial charge in [-0.15, -0.1) is 0 Å². The third-order valence-corrected chi connectivity index (χ3v) is 17.7. The molecule has 0 aromatic carbocycles. The summed E-state index contributed by atoms with van der Waals surface area (Å²) in [6, 6.07) is -0.849. The van der Waals surface area contributed by atoms with Crippen LogP contribution in [0, 0.1) is 0 Å². The number of unbranched alkanes of at least 4 members (excludes halogenated alkanes) is 44. The highest BCUT2D eigenvalue weighted by atomic mass is 31.2. The number of rotatable bonds is 68. The number of phosphoric acid groups is 1. The van der Waals surface area contributed by atoms with Gasteiger partial charge in [0.1, 0.15) is 19.3 Å². The molecule has 10 heteroatoms. The largest absolute Gasteiger partial charge is 0.472 e. The summed E-state index contributed by atoms with van der Waals surface area (Å²) < 4.78 is 30.9. The fourth-order valence-corrected chi connectivity index (χ4v) is 11.7. The zero-order valence-corrected chi connectivity index (χ0v) is 58.7. The Kier molecular flexibility index (Phi) is 63.9. The number of quaternary nitrogens is 1. The number of hydrogen-bond donors (Lipinski definition) is 2. The van der Waals surface area contributed by atoms with Gasteiger partial charge in [-0.2, -0.15) is 0 Å². The molecule has 9 nitrogen and oxygen atoms in total. The monoisotopic (exact) mass is 1230 g/mol. The molecule has 0 radical (unpaired) electrons. The van der Waals surface area contributed by atoms with Gasteiger partial charge in [-0.3, -0.25) is 18.6 Å². The fourth-order valence-electron chi connectivity index (χ4n) is 10.9. The van der Waals surface area contributed by atoms with Gasteiger partial charge < -0.3 is 19.4 Å². The first-order valence-electron chi connectivity index (χ1n) is 37.1. The van der Waals surface area contributed by atoms with E-state index in [4.69, 9.17) is 13.8 Å². The number of ether oxygens (including phenoxy) is 1. The minimum Gasteiger partial charge on any atom is -0.456 e. The van der Waals surface area contributed by atoms with Crippen LogP contribution >= 0.6 is 7.82 Å². The van der Waals surface area contributed by atoms with Crippen LogP contribution in [0.4, 0.5) is 0 Å². The number of likely N-dealkylation sites (N-methyl/N-ethyl adjacent to an activating group) is 1. The maximum absolute atomic E-state index is 13.6. The van der Waals surface area contributed by atoms with Crippen LogP contribution in [-0.4, -0.2) is 74.3 Å². The summed E-state index contributed by atoms with van der Waals surface area (Å²) in [5, 5.41) is 3.08. The third-order valence-electron chi connectivity index (χ3n) is 16.7. The van der Waals surface area contributed by atoms with Crippen molar-refractivity contribution < 1.29 is 37.3 Å². The first-order chi connectivity index (χ1) is 41.9. The standard InChI is InChI=1S/C76H143N2O7P/c1-7-10-13-16-19-22-25-28-30-32-34-36-38-39-41-42-44-46-48-50-53-56-59-62-65-68-75(79)77-73(72-84-86(81,82)83-71-70-78(4,5)6)74(67-64-61-58-55-52-27-24-21-18-15-12-9-3)85-76(80)69-66-63-60-57-54-51-49-47-45-43-40-37-35-33-31-29-26-23-20-17-14-11-8-2/h19-20,22-23,28-31,64,67,73-74H,7-18,21,24-27,32-63,65-66,68-72H2,1-6H3,(H-,77,79,81,82)/p+1/b22-19-,23-20-,30-28-,31-29-,67-64+. The number of amides is 1. The van der Waals surface area contributed by atoms with E-state index in [2.05, 4.69) is 74.7 Å². The summed E-state index contributed by atoms with van der Waals surface area (Å²) in [4.78, 5) is 38.0. The minimum absolute atomic E-state index is 0.0409. The Labute approximate surface area is 534 Å². The Morgan fingerprint density at radius 1 is 0.407 bits per heavy atom. The molecule has 2 N–H and O–H groups in total. The van der Waals surface area contributed by atoms with Crippen LogP contribution in [0.3, 0.4) is 0 Å². The van der Waals surface area contributed by atoms with Crippen LogP contribution in [0.15, 0.2) is 60.8 Å². The lowest BCUT2D eigenvalue weighted by Crippen LogP contribution is -2.47. The SMILES string of the molecule is CCCCC/C=C\C/C=C\CCCCCCCCCCCCCCCCCC(=O)NC(COP(=O)(O)OCC[N+](C)(C)C)C(/C=C/CCCCCCCCCCCC)OC(=O)CCCCCCCCCCCCCCC/C=C\C/C=C\CCCCC. The quantitative estimate of drug-likeness (QED) is 0.0205. The van der Waals surface area contributed by atoms with Crippen molar-refractivity contribution in [2.75, 3.05) is 40.9 Å². The lowest BCUT2D eigenvalue weighted by molar-refractivity contribution is -0.870. The number of esters is 1. The molecule has 86 heavy (non-hydrogen) atoms. The molecule has 0 bridgehead atoms. The lowest BCUT2D eigenvalue weighted by Gasteiger charge is -2.27. The fraction of sp³-hybridized carbons (Fsp3) is 0.842. The van der Waals surface area contributed by atoms with Gasteiger partial charge in [0.25, 0.3) is 0 Å². The second kappa shape index (κ2) is 65.7. The molecular weight excluding hydrogens is 1080 g/mol. The molecule has 0 aliphatic carbocycles. The molecule has 504 valence electrons. The highest BCUT2D eigenvalue weighted by Crippen LogP contribution is 2.43. The van der Waals surface area contributed by atoms with Crippen molar-refractivity contribution in [2.24, 2.45) is 0 Å². The van der Waals surface area contributed by atoms with Gasteiger partial charge in [-0.25, -0.2) is 4.57 Å². The molecule has 0 aromatic heterocycles. The molecule has 0 heterocycles. The normalized spacial score (nSPS) is 13.8. The summed E-state index contributed by atoms with van der Waals surface area (Å²) >= 11 is 0. The summed E-state index contributed by atoms with van der Waals surface area (Å²) in [5.41, 5.74) is 0. The van der Waals surface area contributed by atoms with Gasteiger partial charge in [0.2, 0.25) is 5.91 Å². The van der Waals surface area contributed by atoms with Crippen LogP contribution in [0.25, 0.3) is 0 Å². The van der Waals surface area contributed by atoms with Crippen LogP contribution < -0.4 is 5.32 Å². The second-order valence-electron chi connectivity index (χ2n) is 26.5. The molecule has 0 fully saturated rings. The molecule has 0 spiro atoms. The molecule has 0 rings (SSSR count). The third kappa shape index (κ3) is 66.1. The van der Waals surface area contributed by atoms with E-state index in [1.807, 2.05) is 33.3 Å². The summed E-state index contributed by atoms with van der Waals surface area (Å²) in [6.45, 7) is 7.01. The van der Waals surface area contributed by atoms with E-state index in [1.54, 1.807) is 0 Å². The molecular formula is C76H144N2O7P+. The van der Waals surface area contributed by atoms with E-state index in [0.29, 0.717) is 23.9 Å². The summed E-state index contributed by atoms with van der Waals surface area (Å²) in [5.74, 6) is -0.491. The van der Waals surface area contributed by atoms with Crippen molar-refractivity contribution in [2.45, 2.75) is 373 Å². The Morgan fingerprint density at radius 3 is 1.07 bits per heavy atom. The predicted molar refractivity (Wildman–Crippen MR) is 374 cm³/mol. The average molecular weight is 1230 g/mol. The Morgan fingerprint density at radius 2 is 0.709 bits per heavy atom. The Balaban J connectivity index is 4.99.